The molecule has 0 unspecified atom stereocenters. The molecular formula is C56H36. The first kappa shape index (κ1) is 32.2. The van der Waals surface area contributed by atoms with Gasteiger partial charge in [0.05, 0.1) is 0 Å². The molecule has 0 aromatic heterocycles. The first-order valence-corrected chi connectivity index (χ1v) is 19.3. The highest BCUT2D eigenvalue weighted by atomic mass is 14.3. The third-order valence-electron chi connectivity index (χ3n) is 12.0. The van der Waals surface area contributed by atoms with Crippen molar-refractivity contribution in [1.82, 2.24) is 0 Å². The van der Waals surface area contributed by atoms with Gasteiger partial charge in [-0.05, 0) is 132 Å². The lowest BCUT2D eigenvalue weighted by Crippen LogP contribution is -1.95. The van der Waals surface area contributed by atoms with E-state index in [0.717, 1.165) is 11.1 Å². The topological polar surface area (TPSA) is 0 Å². The van der Waals surface area contributed by atoms with Gasteiger partial charge in [-0.15, -0.1) is 0 Å². The molecule has 56 heavy (non-hydrogen) atoms. The van der Waals surface area contributed by atoms with Crippen molar-refractivity contribution in [2.24, 2.45) is 0 Å². The first-order valence-electron chi connectivity index (χ1n) is 19.3. The number of fused-ring (bicyclic) bond motifs is 8. The first-order chi connectivity index (χ1) is 27.7. The molecule has 0 amide bonds. The zero-order valence-corrected chi connectivity index (χ0v) is 30.9. The largest absolute Gasteiger partial charge is 0.0984 e. The zero-order chi connectivity index (χ0) is 37.3. The normalized spacial score (nSPS) is 11.7. The summed E-state index contributed by atoms with van der Waals surface area (Å²) >= 11 is 0. The summed E-state index contributed by atoms with van der Waals surface area (Å²) in [6.07, 6.45) is 3.97. The summed E-state index contributed by atoms with van der Waals surface area (Å²) in [5, 5.41) is 17.3. The Morgan fingerprint density at radius 3 is 1.07 bits per heavy atom. The fraction of sp³-hybridized carbons (Fsp3) is 0. The fourth-order valence-electron chi connectivity index (χ4n) is 9.60. The van der Waals surface area contributed by atoms with Crippen LogP contribution in [0.2, 0.25) is 0 Å². The minimum Gasteiger partial charge on any atom is -0.0984 e. The molecule has 11 aromatic rings. The molecule has 0 N–H and O–H groups in total. The van der Waals surface area contributed by atoms with Gasteiger partial charge in [0.15, 0.2) is 0 Å². The minimum absolute atomic E-state index is 1.12. The van der Waals surface area contributed by atoms with Gasteiger partial charge >= 0.3 is 0 Å². The minimum atomic E-state index is 1.12. The maximum Gasteiger partial charge on any atom is -0.00139 e. The molecule has 0 heterocycles. The Balaban J connectivity index is 1.26. The third kappa shape index (κ3) is 4.66. The van der Waals surface area contributed by atoms with Crippen molar-refractivity contribution >= 4 is 87.6 Å². The molecule has 0 bridgehead atoms. The van der Waals surface area contributed by atoms with E-state index in [4.69, 9.17) is 0 Å². The van der Waals surface area contributed by atoms with Gasteiger partial charge in [0.2, 0.25) is 0 Å². The Bertz CT molecular complexity index is 3340. The zero-order valence-electron chi connectivity index (χ0n) is 30.9. The lowest BCUT2D eigenvalue weighted by atomic mass is 9.80. The molecule has 0 spiro atoms. The van der Waals surface area contributed by atoms with Crippen LogP contribution in [0.5, 0.6) is 0 Å². The summed E-state index contributed by atoms with van der Waals surface area (Å²) in [5.74, 6) is 0. The summed E-state index contributed by atoms with van der Waals surface area (Å²) in [7, 11) is 0. The Hall–Kier alpha value is -7.28. The smallest absolute Gasteiger partial charge is 0.00139 e. The SMILES string of the molecule is C=Cc1c(C=C)c2cc(-c3c4ccccc4c(-c4c5ccccc5c(-c5ccc6ccccc6c5)c5ccccc45)c4ccccc34)ccc2c2ccccc12. The van der Waals surface area contributed by atoms with Crippen molar-refractivity contribution in [1.29, 1.82) is 0 Å². The van der Waals surface area contributed by atoms with E-state index in [2.05, 4.69) is 195 Å². The third-order valence-corrected chi connectivity index (χ3v) is 12.0. The molecular weight excluding hydrogens is 673 g/mol. The van der Waals surface area contributed by atoms with Crippen LogP contribution in [0.4, 0.5) is 0 Å². The van der Waals surface area contributed by atoms with Crippen LogP contribution in [0.25, 0.3) is 121 Å². The molecule has 0 aliphatic rings. The van der Waals surface area contributed by atoms with Crippen molar-refractivity contribution in [3.63, 3.8) is 0 Å². The monoisotopic (exact) mass is 708 g/mol. The van der Waals surface area contributed by atoms with Crippen LogP contribution in [-0.2, 0) is 0 Å². The van der Waals surface area contributed by atoms with E-state index in [9.17, 15) is 0 Å². The number of hydrogen-bond acceptors (Lipinski definition) is 0. The second kappa shape index (κ2) is 12.7. The lowest BCUT2D eigenvalue weighted by molar-refractivity contribution is 1.67. The molecule has 0 saturated heterocycles. The Labute approximate surface area is 325 Å². The molecule has 11 aromatic carbocycles. The quantitative estimate of drug-likeness (QED) is 0.123. The van der Waals surface area contributed by atoms with Crippen molar-refractivity contribution in [3.05, 3.63) is 206 Å². The Morgan fingerprint density at radius 2 is 0.589 bits per heavy atom. The van der Waals surface area contributed by atoms with Crippen LogP contribution in [-0.4, -0.2) is 0 Å². The van der Waals surface area contributed by atoms with Gasteiger partial charge in [-0.1, -0.05) is 195 Å². The second-order valence-corrected chi connectivity index (χ2v) is 14.8. The average molecular weight is 709 g/mol. The van der Waals surface area contributed by atoms with Crippen LogP contribution >= 0.6 is 0 Å². The Morgan fingerprint density at radius 1 is 0.250 bits per heavy atom. The van der Waals surface area contributed by atoms with Crippen molar-refractivity contribution in [2.45, 2.75) is 0 Å². The van der Waals surface area contributed by atoms with Gasteiger partial charge in [0, 0.05) is 0 Å². The van der Waals surface area contributed by atoms with E-state index in [1.165, 1.54) is 109 Å². The molecule has 0 aliphatic carbocycles. The average Bonchev–Trinajstić information content (AvgIpc) is 3.26. The van der Waals surface area contributed by atoms with Crippen molar-refractivity contribution in [3.8, 4) is 33.4 Å². The van der Waals surface area contributed by atoms with Gasteiger partial charge in [-0.2, -0.15) is 0 Å². The number of rotatable bonds is 5. The van der Waals surface area contributed by atoms with E-state index >= 15 is 0 Å². The number of benzene rings is 11. The van der Waals surface area contributed by atoms with Gasteiger partial charge in [0.1, 0.15) is 0 Å². The highest BCUT2D eigenvalue weighted by molar-refractivity contribution is 6.30. The maximum absolute atomic E-state index is 4.28. The van der Waals surface area contributed by atoms with Gasteiger partial charge in [0.25, 0.3) is 0 Å². The summed E-state index contributed by atoms with van der Waals surface area (Å²) < 4.78 is 0. The molecule has 11 rings (SSSR count). The van der Waals surface area contributed by atoms with Gasteiger partial charge < -0.3 is 0 Å². The number of hydrogen-bond donors (Lipinski definition) is 0. The Kier molecular flexibility index (Phi) is 7.27. The standard InChI is InChI=1S/C56H36/c1-3-39-40(4-2)52-34-38(31-32-43(52)42-20-8-7-19-41(39)42)54-46-23-11-15-27-50(46)56(51-28-16-12-24-47(51)54)55-48-25-13-9-21-44(48)53(45-22-10-14-26-49(45)55)37-30-29-35-17-5-6-18-36(35)33-37/h3-34H,1-2H2. The highest BCUT2D eigenvalue weighted by Crippen LogP contribution is 2.50. The summed E-state index contributed by atoms with van der Waals surface area (Å²) in [6, 6.07) is 67.2. The van der Waals surface area contributed by atoms with Crippen molar-refractivity contribution in [2.75, 3.05) is 0 Å². The van der Waals surface area contributed by atoms with Gasteiger partial charge in [-0.25, -0.2) is 0 Å². The second-order valence-electron chi connectivity index (χ2n) is 14.8. The maximum atomic E-state index is 4.28. The summed E-state index contributed by atoms with van der Waals surface area (Å²) in [6.45, 7) is 8.51. The highest BCUT2D eigenvalue weighted by Gasteiger charge is 2.23. The predicted molar refractivity (Wildman–Crippen MR) is 245 cm³/mol. The van der Waals surface area contributed by atoms with Crippen LogP contribution in [0.3, 0.4) is 0 Å². The molecule has 0 nitrogen and oxygen atoms in total. The van der Waals surface area contributed by atoms with Crippen LogP contribution in [0.1, 0.15) is 11.1 Å². The predicted octanol–water partition coefficient (Wildman–Crippen LogP) is 16.0. The molecule has 0 saturated carbocycles. The van der Waals surface area contributed by atoms with Crippen LogP contribution in [0.15, 0.2) is 195 Å². The van der Waals surface area contributed by atoms with Crippen molar-refractivity contribution < 1.29 is 0 Å². The van der Waals surface area contributed by atoms with E-state index < -0.39 is 0 Å². The van der Waals surface area contributed by atoms with E-state index in [1.807, 2.05) is 12.2 Å². The molecule has 0 aliphatic heterocycles. The van der Waals surface area contributed by atoms with Crippen LogP contribution in [0, 0.1) is 0 Å². The van der Waals surface area contributed by atoms with E-state index in [-0.39, 0.29) is 0 Å². The van der Waals surface area contributed by atoms with Crippen LogP contribution < -0.4 is 0 Å². The van der Waals surface area contributed by atoms with E-state index in [0.29, 0.717) is 0 Å². The molecule has 0 fully saturated rings. The molecule has 260 valence electrons. The van der Waals surface area contributed by atoms with E-state index in [1.54, 1.807) is 0 Å². The fourth-order valence-corrected chi connectivity index (χ4v) is 9.60. The molecule has 0 atom stereocenters. The van der Waals surface area contributed by atoms with Gasteiger partial charge in [-0.3, -0.25) is 0 Å². The summed E-state index contributed by atoms with van der Waals surface area (Å²) in [5.41, 5.74) is 9.71. The molecule has 0 heteroatoms. The summed E-state index contributed by atoms with van der Waals surface area (Å²) in [4.78, 5) is 0. The lowest BCUT2D eigenvalue weighted by Gasteiger charge is -2.22. The molecule has 0 radical (unpaired) electrons.